The predicted octanol–water partition coefficient (Wildman–Crippen LogP) is 2.74. The summed E-state index contributed by atoms with van der Waals surface area (Å²) in [4.78, 5) is 4.45. The fraction of sp³-hybridized carbons (Fsp3) is 0.571. The number of aromatic nitrogens is 3. The van der Waals surface area contributed by atoms with Crippen LogP contribution >= 0.6 is 11.3 Å². The van der Waals surface area contributed by atoms with Crippen LogP contribution in [0.4, 0.5) is 0 Å². The molecule has 0 aromatic carbocycles. The van der Waals surface area contributed by atoms with Crippen molar-refractivity contribution >= 4 is 11.3 Å². The summed E-state index contributed by atoms with van der Waals surface area (Å²) >= 11 is 1.74. The first-order valence-corrected chi connectivity index (χ1v) is 7.49. The summed E-state index contributed by atoms with van der Waals surface area (Å²) < 4.78 is 2.01. The van der Waals surface area contributed by atoms with E-state index in [1.165, 1.54) is 10.6 Å². The summed E-state index contributed by atoms with van der Waals surface area (Å²) in [5.41, 5.74) is 2.40. The Labute approximate surface area is 118 Å². The molecule has 104 valence electrons. The molecule has 0 spiro atoms. The number of thiazole rings is 1. The fourth-order valence-electron chi connectivity index (χ4n) is 1.76. The summed E-state index contributed by atoms with van der Waals surface area (Å²) in [5.74, 6) is 0. The van der Waals surface area contributed by atoms with Gasteiger partial charge in [0, 0.05) is 42.3 Å². The molecule has 0 unspecified atom stereocenters. The normalized spacial score (nSPS) is 12.0. The molecule has 0 radical (unpaired) electrons. The molecule has 4 nitrogen and oxygen atoms in total. The highest BCUT2D eigenvalue weighted by Crippen LogP contribution is 2.13. The van der Waals surface area contributed by atoms with Crippen LogP contribution in [0.3, 0.4) is 0 Å². The molecule has 0 saturated carbocycles. The topological polar surface area (TPSA) is 42.7 Å². The highest BCUT2D eigenvalue weighted by molar-refractivity contribution is 7.09. The van der Waals surface area contributed by atoms with Crippen molar-refractivity contribution in [3.63, 3.8) is 0 Å². The first-order chi connectivity index (χ1) is 8.95. The third-order valence-electron chi connectivity index (χ3n) is 2.83. The molecule has 2 rings (SSSR count). The first-order valence-electron chi connectivity index (χ1n) is 6.61. The van der Waals surface area contributed by atoms with Gasteiger partial charge in [-0.05, 0) is 27.7 Å². The Kier molecular flexibility index (Phi) is 4.37. The van der Waals surface area contributed by atoms with Gasteiger partial charge < -0.3 is 5.32 Å². The Hall–Kier alpha value is -1.20. The summed E-state index contributed by atoms with van der Waals surface area (Å²) in [6.07, 6.45) is 5.04. The number of rotatable bonds is 5. The van der Waals surface area contributed by atoms with Crippen LogP contribution in [0.15, 0.2) is 17.8 Å². The van der Waals surface area contributed by atoms with Crippen molar-refractivity contribution in [1.82, 2.24) is 20.1 Å². The van der Waals surface area contributed by atoms with Gasteiger partial charge >= 0.3 is 0 Å². The van der Waals surface area contributed by atoms with Crippen LogP contribution in [0.1, 0.15) is 37.0 Å². The van der Waals surface area contributed by atoms with Crippen molar-refractivity contribution in [2.24, 2.45) is 0 Å². The lowest BCUT2D eigenvalue weighted by Crippen LogP contribution is -2.22. The minimum absolute atomic E-state index is 0.0522. The van der Waals surface area contributed by atoms with Gasteiger partial charge in [0.15, 0.2) is 0 Å². The van der Waals surface area contributed by atoms with Gasteiger partial charge in [-0.3, -0.25) is 4.68 Å². The quantitative estimate of drug-likeness (QED) is 0.855. The van der Waals surface area contributed by atoms with Gasteiger partial charge in [0.25, 0.3) is 0 Å². The lowest BCUT2D eigenvalue weighted by Gasteiger charge is -2.18. The molecule has 0 saturated heterocycles. The van der Waals surface area contributed by atoms with Crippen molar-refractivity contribution in [3.8, 4) is 0 Å². The molecular weight excluding hydrogens is 256 g/mol. The van der Waals surface area contributed by atoms with Gasteiger partial charge in [-0.2, -0.15) is 5.10 Å². The molecule has 5 heteroatoms. The lowest BCUT2D eigenvalue weighted by molar-refractivity contribution is 0.355. The van der Waals surface area contributed by atoms with Crippen LogP contribution in [0.25, 0.3) is 0 Å². The Morgan fingerprint density at radius 2 is 2.16 bits per heavy atom. The fourth-order valence-corrected chi connectivity index (χ4v) is 2.54. The second kappa shape index (κ2) is 5.84. The molecule has 0 aliphatic heterocycles. The van der Waals surface area contributed by atoms with Crippen molar-refractivity contribution in [1.29, 1.82) is 0 Å². The molecule has 0 amide bonds. The van der Waals surface area contributed by atoms with Crippen LogP contribution in [0, 0.1) is 6.92 Å². The van der Waals surface area contributed by atoms with E-state index < -0.39 is 0 Å². The largest absolute Gasteiger partial charge is 0.312 e. The van der Waals surface area contributed by atoms with Crippen LogP contribution in [-0.4, -0.2) is 21.3 Å². The Balaban J connectivity index is 1.75. The van der Waals surface area contributed by atoms with Crippen LogP contribution in [0.2, 0.25) is 0 Å². The van der Waals surface area contributed by atoms with E-state index >= 15 is 0 Å². The van der Waals surface area contributed by atoms with E-state index in [1.54, 1.807) is 11.3 Å². The lowest BCUT2D eigenvalue weighted by atomic mass is 10.1. The highest BCUT2D eigenvalue weighted by Gasteiger charge is 2.13. The summed E-state index contributed by atoms with van der Waals surface area (Å²) in [5, 5.41) is 11.1. The number of nitrogens with zero attached hydrogens (tertiary/aromatic N) is 3. The van der Waals surface area contributed by atoms with Crippen LogP contribution < -0.4 is 5.32 Å². The first kappa shape index (κ1) is 14.2. The van der Waals surface area contributed by atoms with Crippen LogP contribution in [0.5, 0.6) is 0 Å². The van der Waals surface area contributed by atoms with E-state index in [9.17, 15) is 0 Å². The van der Waals surface area contributed by atoms with Gasteiger partial charge in [0.2, 0.25) is 0 Å². The predicted molar refractivity (Wildman–Crippen MR) is 79.5 cm³/mol. The van der Waals surface area contributed by atoms with E-state index in [-0.39, 0.29) is 5.54 Å². The van der Waals surface area contributed by atoms with Gasteiger partial charge in [-0.15, -0.1) is 11.3 Å². The Morgan fingerprint density at radius 3 is 2.74 bits per heavy atom. The SMILES string of the molecule is Cc1csc(CCNCc2cnn(C(C)(C)C)c2)n1. The second-order valence-electron chi connectivity index (χ2n) is 5.77. The minimum Gasteiger partial charge on any atom is -0.312 e. The summed E-state index contributed by atoms with van der Waals surface area (Å²) in [7, 11) is 0. The van der Waals surface area contributed by atoms with Gasteiger partial charge in [0.1, 0.15) is 0 Å². The number of nitrogens with one attached hydrogen (secondary N) is 1. The van der Waals surface area contributed by atoms with E-state index in [0.29, 0.717) is 0 Å². The maximum Gasteiger partial charge on any atom is 0.0940 e. The Bertz CT molecular complexity index is 522. The number of hydrogen-bond donors (Lipinski definition) is 1. The minimum atomic E-state index is 0.0522. The third kappa shape index (κ3) is 4.14. The average molecular weight is 278 g/mol. The molecular formula is C14H22N4S. The standard InChI is InChI=1S/C14H22N4S/c1-11-10-19-13(17-11)5-6-15-7-12-8-16-18(9-12)14(2,3)4/h8-10,15H,5-7H2,1-4H3. The molecule has 0 atom stereocenters. The molecule has 2 aromatic heterocycles. The zero-order chi connectivity index (χ0) is 13.9. The second-order valence-corrected chi connectivity index (χ2v) is 6.72. The van der Waals surface area contributed by atoms with Gasteiger partial charge in [0.05, 0.1) is 16.7 Å². The smallest absolute Gasteiger partial charge is 0.0940 e. The van der Waals surface area contributed by atoms with Crippen molar-refractivity contribution < 1.29 is 0 Å². The van der Waals surface area contributed by atoms with Gasteiger partial charge in [-0.25, -0.2) is 4.98 Å². The van der Waals surface area contributed by atoms with Crippen molar-refractivity contribution in [2.75, 3.05) is 6.54 Å². The zero-order valence-corrected chi connectivity index (χ0v) is 12.9. The average Bonchev–Trinajstić information content (AvgIpc) is 2.93. The summed E-state index contributed by atoms with van der Waals surface area (Å²) in [6.45, 7) is 10.3. The number of aryl methyl sites for hydroxylation is 1. The molecule has 19 heavy (non-hydrogen) atoms. The molecule has 2 heterocycles. The van der Waals surface area contributed by atoms with Crippen LogP contribution in [-0.2, 0) is 18.5 Å². The van der Waals surface area contributed by atoms with E-state index in [4.69, 9.17) is 0 Å². The van der Waals surface area contributed by atoms with Crippen molar-refractivity contribution in [2.45, 2.75) is 46.2 Å². The number of hydrogen-bond acceptors (Lipinski definition) is 4. The monoisotopic (exact) mass is 278 g/mol. The maximum absolute atomic E-state index is 4.45. The molecule has 0 aliphatic rings. The third-order valence-corrected chi connectivity index (χ3v) is 3.86. The Morgan fingerprint density at radius 1 is 1.37 bits per heavy atom. The molecule has 0 bridgehead atoms. The zero-order valence-electron chi connectivity index (χ0n) is 12.1. The van der Waals surface area contributed by atoms with E-state index in [1.807, 2.05) is 17.8 Å². The van der Waals surface area contributed by atoms with E-state index in [0.717, 1.165) is 25.2 Å². The molecule has 2 aromatic rings. The maximum atomic E-state index is 4.45. The molecule has 0 aliphatic carbocycles. The summed E-state index contributed by atoms with van der Waals surface area (Å²) in [6, 6.07) is 0. The van der Waals surface area contributed by atoms with E-state index in [2.05, 4.69) is 47.7 Å². The highest BCUT2D eigenvalue weighted by atomic mass is 32.1. The molecule has 1 N–H and O–H groups in total. The van der Waals surface area contributed by atoms with Crippen molar-refractivity contribution in [3.05, 3.63) is 34.0 Å². The van der Waals surface area contributed by atoms with Gasteiger partial charge in [-0.1, -0.05) is 0 Å². The molecule has 0 fully saturated rings.